The van der Waals surface area contributed by atoms with Gasteiger partial charge in [0.2, 0.25) is 0 Å². The van der Waals surface area contributed by atoms with E-state index in [-0.39, 0.29) is 18.9 Å². The number of anilines is 1. The highest BCUT2D eigenvalue weighted by Gasteiger charge is 2.30. The lowest BCUT2D eigenvalue weighted by molar-refractivity contribution is -0.137. The molecule has 0 spiro atoms. The van der Waals surface area contributed by atoms with Crippen LogP contribution in [0.25, 0.3) is 0 Å². The molecule has 146 valence electrons. The van der Waals surface area contributed by atoms with Gasteiger partial charge in [0, 0.05) is 12.2 Å². The molecule has 0 aliphatic carbocycles. The van der Waals surface area contributed by atoms with Crippen LogP contribution in [-0.2, 0) is 12.6 Å². The highest BCUT2D eigenvalue weighted by Crippen LogP contribution is 2.30. The van der Waals surface area contributed by atoms with Crippen LogP contribution in [0.2, 0.25) is 0 Å². The molecule has 0 amide bonds. The van der Waals surface area contributed by atoms with E-state index in [9.17, 15) is 18.3 Å². The van der Waals surface area contributed by atoms with E-state index in [4.69, 9.17) is 17.0 Å². The topological polar surface area (TPSA) is 53.5 Å². The first-order chi connectivity index (χ1) is 12.8. The summed E-state index contributed by atoms with van der Waals surface area (Å²) in [7, 11) is 0. The van der Waals surface area contributed by atoms with Gasteiger partial charge >= 0.3 is 6.18 Å². The van der Waals surface area contributed by atoms with E-state index in [1.165, 1.54) is 12.1 Å². The quantitative estimate of drug-likeness (QED) is 0.616. The summed E-state index contributed by atoms with van der Waals surface area (Å²) in [6.07, 6.45) is -4.41. The van der Waals surface area contributed by atoms with Crippen LogP contribution in [0.15, 0.2) is 48.5 Å². The lowest BCUT2D eigenvalue weighted by Crippen LogP contribution is -2.37. The number of alkyl halides is 3. The summed E-state index contributed by atoms with van der Waals surface area (Å²) in [6.45, 7) is 2.10. The number of aliphatic hydroxyl groups excluding tert-OH is 1. The third-order valence-corrected chi connectivity index (χ3v) is 4.02. The molecule has 1 unspecified atom stereocenters. The van der Waals surface area contributed by atoms with Crippen molar-refractivity contribution in [3.8, 4) is 5.75 Å². The summed E-state index contributed by atoms with van der Waals surface area (Å²) in [4.78, 5) is 0. The molecule has 8 heteroatoms. The second-order valence-electron chi connectivity index (χ2n) is 5.83. The highest BCUT2D eigenvalue weighted by atomic mass is 32.1. The zero-order valence-corrected chi connectivity index (χ0v) is 15.5. The predicted octanol–water partition coefficient (Wildman–Crippen LogP) is 3.99. The molecule has 0 heterocycles. The molecular formula is C19H21F3N2O2S. The zero-order valence-electron chi connectivity index (χ0n) is 14.7. The van der Waals surface area contributed by atoms with Gasteiger partial charge in [0.05, 0.1) is 5.56 Å². The molecular weight excluding hydrogens is 377 g/mol. The van der Waals surface area contributed by atoms with Gasteiger partial charge in [-0.1, -0.05) is 25.1 Å². The van der Waals surface area contributed by atoms with E-state index in [0.29, 0.717) is 5.11 Å². The van der Waals surface area contributed by atoms with Crippen molar-refractivity contribution in [3.05, 3.63) is 59.7 Å². The minimum atomic E-state index is -4.39. The molecule has 2 aromatic carbocycles. The van der Waals surface area contributed by atoms with Crippen molar-refractivity contribution >= 4 is 23.0 Å². The molecule has 0 saturated heterocycles. The minimum Gasteiger partial charge on any atom is -0.491 e. The fraction of sp³-hybridized carbons (Fsp3) is 0.316. The molecule has 0 aliphatic rings. The molecule has 0 saturated carbocycles. The van der Waals surface area contributed by atoms with E-state index in [0.717, 1.165) is 29.8 Å². The number of benzene rings is 2. The molecule has 0 bridgehead atoms. The lowest BCUT2D eigenvalue weighted by atomic mass is 10.1. The van der Waals surface area contributed by atoms with Gasteiger partial charge in [-0.15, -0.1) is 0 Å². The van der Waals surface area contributed by atoms with Gasteiger partial charge in [-0.05, 0) is 54.5 Å². The largest absolute Gasteiger partial charge is 0.491 e. The number of hydrogen-bond acceptors (Lipinski definition) is 3. The molecule has 0 fully saturated rings. The monoisotopic (exact) mass is 398 g/mol. The smallest absolute Gasteiger partial charge is 0.416 e. The standard InChI is InChI=1S/C19H21F3N2O2S/c1-2-13-5-3-4-6-17(13)24-18(27)23-11-15(25)12-26-16-9-7-14(8-10-16)19(20,21)22/h3-10,15,25H,2,11-12H2,1H3,(H2,23,24,27). The molecule has 0 aromatic heterocycles. The Balaban J connectivity index is 1.75. The fourth-order valence-electron chi connectivity index (χ4n) is 2.32. The van der Waals surface area contributed by atoms with Crippen molar-refractivity contribution in [2.24, 2.45) is 0 Å². The second-order valence-corrected chi connectivity index (χ2v) is 6.24. The Morgan fingerprint density at radius 1 is 1.15 bits per heavy atom. The summed E-state index contributed by atoms with van der Waals surface area (Å²) in [6, 6.07) is 12.1. The van der Waals surface area contributed by atoms with Gasteiger partial charge in [0.25, 0.3) is 0 Å². The number of aliphatic hydroxyl groups is 1. The number of thiocarbonyl (C=S) groups is 1. The summed E-state index contributed by atoms with van der Waals surface area (Å²) >= 11 is 5.21. The van der Waals surface area contributed by atoms with Crippen LogP contribution in [0.3, 0.4) is 0 Å². The van der Waals surface area contributed by atoms with E-state index < -0.39 is 17.8 Å². The average molecular weight is 398 g/mol. The van der Waals surface area contributed by atoms with Crippen molar-refractivity contribution in [3.63, 3.8) is 0 Å². The van der Waals surface area contributed by atoms with Crippen LogP contribution in [0.5, 0.6) is 5.75 Å². The number of nitrogens with one attached hydrogen (secondary N) is 2. The number of hydrogen-bond donors (Lipinski definition) is 3. The molecule has 27 heavy (non-hydrogen) atoms. The summed E-state index contributed by atoms with van der Waals surface area (Å²) in [5.41, 5.74) is 1.27. The third kappa shape index (κ3) is 6.73. The molecule has 4 nitrogen and oxygen atoms in total. The minimum absolute atomic E-state index is 0.0769. The van der Waals surface area contributed by atoms with Crippen LogP contribution in [0.4, 0.5) is 18.9 Å². The number of halogens is 3. The van der Waals surface area contributed by atoms with E-state index in [1.807, 2.05) is 31.2 Å². The molecule has 1 atom stereocenters. The van der Waals surface area contributed by atoms with Crippen molar-refractivity contribution in [1.82, 2.24) is 5.32 Å². The second kappa shape index (κ2) is 9.57. The first-order valence-electron chi connectivity index (χ1n) is 8.40. The summed E-state index contributed by atoms with van der Waals surface area (Å²) in [5, 5.41) is 16.3. The highest BCUT2D eigenvalue weighted by molar-refractivity contribution is 7.80. The Bertz CT molecular complexity index is 751. The molecule has 0 aliphatic heterocycles. The van der Waals surface area contributed by atoms with Crippen LogP contribution >= 0.6 is 12.2 Å². The van der Waals surface area contributed by atoms with E-state index in [2.05, 4.69) is 10.6 Å². The van der Waals surface area contributed by atoms with E-state index in [1.54, 1.807) is 0 Å². The van der Waals surface area contributed by atoms with Crippen LogP contribution in [0.1, 0.15) is 18.1 Å². The van der Waals surface area contributed by atoms with Crippen LogP contribution < -0.4 is 15.4 Å². The van der Waals surface area contributed by atoms with Crippen molar-refractivity contribution in [2.45, 2.75) is 25.6 Å². The maximum absolute atomic E-state index is 12.5. The van der Waals surface area contributed by atoms with Gasteiger partial charge in [-0.2, -0.15) is 13.2 Å². The van der Waals surface area contributed by atoms with Crippen LogP contribution in [0, 0.1) is 0 Å². The first-order valence-corrected chi connectivity index (χ1v) is 8.81. The normalized spacial score (nSPS) is 12.3. The molecule has 0 radical (unpaired) electrons. The number of ether oxygens (including phenoxy) is 1. The molecule has 3 N–H and O–H groups in total. The van der Waals surface area contributed by atoms with Crippen LogP contribution in [-0.4, -0.2) is 29.5 Å². The lowest BCUT2D eigenvalue weighted by Gasteiger charge is -2.16. The zero-order chi connectivity index (χ0) is 19.9. The maximum Gasteiger partial charge on any atom is 0.416 e. The van der Waals surface area contributed by atoms with Gasteiger partial charge in [0.15, 0.2) is 5.11 Å². The van der Waals surface area contributed by atoms with Crippen molar-refractivity contribution in [2.75, 3.05) is 18.5 Å². The summed E-state index contributed by atoms with van der Waals surface area (Å²) in [5.74, 6) is 0.250. The number of para-hydroxylation sites is 1. The SMILES string of the molecule is CCc1ccccc1NC(=S)NCC(O)COc1ccc(C(F)(F)F)cc1. The van der Waals surface area contributed by atoms with Gasteiger partial charge < -0.3 is 20.5 Å². The van der Waals surface area contributed by atoms with Gasteiger partial charge in [-0.3, -0.25) is 0 Å². The van der Waals surface area contributed by atoms with E-state index >= 15 is 0 Å². The Kier molecular flexibility index (Phi) is 7.44. The van der Waals surface area contributed by atoms with Gasteiger partial charge in [-0.25, -0.2) is 0 Å². The van der Waals surface area contributed by atoms with Gasteiger partial charge in [0.1, 0.15) is 18.5 Å². The first kappa shape index (κ1) is 21.0. The Morgan fingerprint density at radius 2 is 1.81 bits per heavy atom. The fourth-order valence-corrected chi connectivity index (χ4v) is 2.51. The van der Waals surface area contributed by atoms with Crippen molar-refractivity contribution < 1.29 is 23.0 Å². The molecule has 2 rings (SSSR count). The Labute approximate surface area is 161 Å². The average Bonchev–Trinajstić information content (AvgIpc) is 2.64. The summed E-state index contributed by atoms with van der Waals surface area (Å²) < 4.78 is 42.8. The van der Waals surface area contributed by atoms with Crippen molar-refractivity contribution in [1.29, 1.82) is 0 Å². The Hall–Kier alpha value is -2.32. The molecule has 2 aromatic rings. The number of rotatable bonds is 7. The third-order valence-electron chi connectivity index (χ3n) is 3.77. The predicted molar refractivity (Wildman–Crippen MR) is 103 cm³/mol. The maximum atomic E-state index is 12.5. The Morgan fingerprint density at radius 3 is 2.44 bits per heavy atom. The number of aryl methyl sites for hydroxylation is 1.